The van der Waals surface area contributed by atoms with Gasteiger partial charge in [-0.25, -0.2) is 4.98 Å². The van der Waals surface area contributed by atoms with E-state index in [0.29, 0.717) is 18.5 Å². The second-order valence-corrected chi connectivity index (χ2v) is 5.75. The lowest BCUT2D eigenvalue weighted by atomic mass is 10.0. The van der Waals surface area contributed by atoms with Crippen LogP contribution >= 0.6 is 0 Å². The van der Waals surface area contributed by atoms with Crippen LogP contribution in [0.4, 0.5) is 5.82 Å². The summed E-state index contributed by atoms with van der Waals surface area (Å²) >= 11 is 0. The molecular weight excluding hydrogens is 240 g/mol. The molecule has 2 atom stereocenters. The molecule has 1 aliphatic carbocycles. The van der Waals surface area contributed by atoms with Gasteiger partial charge in [-0.1, -0.05) is 20.3 Å². The van der Waals surface area contributed by atoms with Gasteiger partial charge in [-0.05, 0) is 25.3 Å². The Balaban J connectivity index is 2.28. The molecule has 2 rings (SSSR count). The van der Waals surface area contributed by atoms with Gasteiger partial charge in [-0.2, -0.15) is 0 Å². The van der Waals surface area contributed by atoms with Crippen molar-refractivity contribution >= 4 is 5.82 Å². The van der Waals surface area contributed by atoms with Gasteiger partial charge >= 0.3 is 0 Å². The highest BCUT2D eigenvalue weighted by atomic mass is 16.1. The maximum atomic E-state index is 11.7. The molecule has 0 saturated heterocycles. The van der Waals surface area contributed by atoms with Crippen molar-refractivity contribution in [2.45, 2.75) is 45.1 Å². The molecule has 0 radical (unpaired) electrons. The predicted octanol–water partition coefficient (Wildman–Crippen LogP) is 1.46. The van der Waals surface area contributed by atoms with Crippen LogP contribution in [0.5, 0.6) is 0 Å². The van der Waals surface area contributed by atoms with Crippen molar-refractivity contribution in [2.24, 2.45) is 11.7 Å². The molecule has 5 heteroatoms. The number of aromatic amines is 1. The largest absolute Gasteiger partial charge is 0.356 e. The van der Waals surface area contributed by atoms with E-state index in [1.807, 2.05) is 20.9 Å². The van der Waals surface area contributed by atoms with E-state index < -0.39 is 0 Å². The summed E-state index contributed by atoms with van der Waals surface area (Å²) in [4.78, 5) is 21.2. The van der Waals surface area contributed by atoms with Crippen molar-refractivity contribution in [1.29, 1.82) is 0 Å². The second kappa shape index (κ2) is 5.74. The number of nitrogens with one attached hydrogen (secondary N) is 1. The van der Waals surface area contributed by atoms with Crippen molar-refractivity contribution in [3.8, 4) is 0 Å². The number of anilines is 1. The maximum Gasteiger partial charge on any atom is 0.252 e. The van der Waals surface area contributed by atoms with Crippen LogP contribution in [0.1, 0.15) is 44.9 Å². The molecule has 0 spiro atoms. The zero-order chi connectivity index (χ0) is 14.0. The zero-order valence-electron chi connectivity index (χ0n) is 12.0. The predicted molar refractivity (Wildman–Crippen MR) is 77.5 cm³/mol. The minimum absolute atomic E-state index is 0.0807. The summed E-state index contributed by atoms with van der Waals surface area (Å²) in [5.74, 6) is 2.23. The summed E-state index contributed by atoms with van der Waals surface area (Å²) in [6.45, 7) is 4.76. The highest BCUT2D eigenvalue weighted by Gasteiger charge is 2.30. The van der Waals surface area contributed by atoms with E-state index in [4.69, 9.17) is 5.73 Å². The lowest BCUT2D eigenvalue weighted by Gasteiger charge is -2.30. The molecule has 2 unspecified atom stereocenters. The molecule has 106 valence electrons. The smallest absolute Gasteiger partial charge is 0.252 e. The molecule has 3 N–H and O–H groups in total. The highest BCUT2D eigenvalue weighted by molar-refractivity contribution is 5.38. The van der Waals surface area contributed by atoms with Gasteiger partial charge < -0.3 is 15.6 Å². The van der Waals surface area contributed by atoms with Gasteiger partial charge in [-0.15, -0.1) is 0 Å². The molecule has 1 saturated carbocycles. The van der Waals surface area contributed by atoms with E-state index in [-0.39, 0.29) is 11.5 Å². The van der Waals surface area contributed by atoms with E-state index in [1.165, 1.54) is 12.8 Å². The fraction of sp³-hybridized carbons (Fsp3) is 0.714. The van der Waals surface area contributed by atoms with Crippen LogP contribution < -0.4 is 16.2 Å². The number of hydrogen-bond donors (Lipinski definition) is 2. The quantitative estimate of drug-likeness (QED) is 0.863. The van der Waals surface area contributed by atoms with Crippen LogP contribution in [0, 0.1) is 5.92 Å². The average Bonchev–Trinajstić information content (AvgIpc) is 2.85. The average molecular weight is 264 g/mol. The van der Waals surface area contributed by atoms with Gasteiger partial charge in [0.15, 0.2) is 0 Å². The Bertz CT molecular complexity index is 483. The third kappa shape index (κ3) is 2.97. The number of nitrogens with two attached hydrogens (primary N) is 1. The minimum atomic E-state index is -0.0807. The summed E-state index contributed by atoms with van der Waals surface area (Å²) in [6, 6.07) is 1.98. The number of aromatic nitrogens is 2. The van der Waals surface area contributed by atoms with E-state index in [9.17, 15) is 4.79 Å². The van der Waals surface area contributed by atoms with Crippen LogP contribution in [-0.4, -0.2) is 29.6 Å². The number of rotatable bonds is 4. The van der Waals surface area contributed by atoms with Crippen LogP contribution in [0.3, 0.4) is 0 Å². The van der Waals surface area contributed by atoms with E-state index in [1.54, 1.807) is 6.07 Å². The molecule has 1 heterocycles. The SMILES string of the molecule is CC(C)c1nc(N(C)C2CCCC2CN)cc(=O)[nH]1. The summed E-state index contributed by atoms with van der Waals surface area (Å²) < 4.78 is 0. The first-order chi connectivity index (χ1) is 9.02. The maximum absolute atomic E-state index is 11.7. The zero-order valence-corrected chi connectivity index (χ0v) is 12.0. The standard InChI is InChI=1S/C14H24N4O/c1-9(2)14-16-12(7-13(19)17-14)18(3)11-6-4-5-10(11)8-15/h7,9-11H,4-6,8,15H2,1-3H3,(H,16,17,19). The molecule has 1 aromatic heterocycles. The molecule has 19 heavy (non-hydrogen) atoms. The van der Waals surface area contributed by atoms with Crippen molar-refractivity contribution in [3.63, 3.8) is 0 Å². The molecule has 0 aliphatic heterocycles. The molecule has 0 amide bonds. The Kier molecular flexibility index (Phi) is 4.24. The summed E-state index contributed by atoms with van der Waals surface area (Å²) in [6.07, 6.45) is 3.51. The van der Waals surface area contributed by atoms with Gasteiger partial charge in [0.1, 0.15) is 11.6 Å². The molecule has 0 bridgehead atoms. The third-order valence-corrected chi connectivity index (χ3v) is 4.07. The first-order valence-corrected chi connectivity index (χ1v) is 7.07. The van der Waals surface area contributed by atoms with Crippen LogP contribution in [0.25, 0.3) is 0 Å². The number of hydrogen-bond acceptors (Lipinski definition) is 4. The van der Waals surface area contributed by atoms with E-state index >= 15 is 0 Å². The highest BCUT2D eigenvalue weighted by Crippen LogP contribution is 2.30. The lowest BCUT2D eigenvalue weighted by Crippen LogP contribution is -2.39. The fourth-order valence-electron chi connectivity index (χ4n) is 2.89. The molecule has 1 aliphatic rings. The fourth-order valence-corrected chi connectivity index (χ4v) is 2.89. The van der Waals surface area contributed by atoms with Crippen LogP contribution in [0.15, 0.2) is 10.9 Å². The van der Waals surface area contributed by atoms with Crippen LogP contribution in [0.2, 0.25) is 0 Å². The first kappa shape index (κ1) is 14.1. The Hall–Kier alpha value is -1.36. The van der Waals surface area contributed by atoms with Gasteiger partial charge in [0, 0.05) is 25.1 Å². The Morgan fingerprint density at radius 2 is 2.26 bits per heavy atom. The van der Waals surface area contributed by atoms with E-state index in [0.717, 1.165) is 18.1 Å². The monoisotopic (exact) mass is 264 g/mol. The van der Waals surface area contributed by atoms with Gasteiger partial charge in [-0.3, -0.25) is 4.79 Å². The topological polar surface area (TPSA) is 75.0 Å². The number of nitrogens with zero attached hydrogens (tertiary/aromatic N) is 2. The molecule has 1 fully saturated rings. The van der Waals surface area contributed by atoms with Crippen molar-refractivity contribution in [1.82, 2.24) is 9.97 Å². The molecular formula is C14H24N4O. The second-order valence-electron chi connectivity index (χ2n) is 5.75. The summed E-state index contributed by atoms with van der Waals surface area (Å²) in [5, 5.41) is 0. The van der Waals surface area contributed by atoms with Crippen LogP contribution in [-0.2, 0) is 0 Å². The first-order valence-electron chi connectivity index (χ1n) is 7.07. The van der Waals surface area contributed by atoms with Gasteiger partial charge in [0.2, 0.25) is 0 Å². The summed E-state index contributed by atoms with van der Waals surface area (Å²) in [7, 11) is 2.02. The molecule has 0 aromatic carbocycles. The summed E-state index contributed by atoms with van der Waals surface area (Å²) in [5.41, 5.74) is 5.75. The molecule has 1 aromatic rings. The van der Waals surface area contributed by atoms with Gasteiger partial charge in [0.25, 0.3) is 5.56 Å². The third-order valence-electron chi connectivity index (χ3n) is 4.07. The Morgan fingerprint density at radius 1 is 1.53 bits per heavy atom. The van der Waals surface area contributed by atoms with E-state index in [2.05, 4.69) is 14.9 Å². The van der Waals surface area contributed by atoms with Gasteiger partial charge in [0.05, 0.1) is 0 Å². The normalized spacial score (nSPS) is 23.0. The minimum Gasteiger partial charge on any atom is -0.356 e. The van der Waals surface area contributed by atoms with Crippen molar-refractivity contribution in [2.75, 3.05) is 18.5 Å². The Morgan fingerprint density at radius 3 is 2.89 bits per heavy atom. The molecule has 5 nitrogen and oxygen atoms in total. The lowest BCUT2D eigenvalue weighted by molar-refractivity contribution is 0.471. The number of H-pyrrole nitrogens is 1. The van der Waals surface area contributed by atoms with Crippen molar-refractivity contribution < 1.29 is 0 Å². The Labute approximate surface area is 114 Å². The van der Waals surface area contributed by atoms with Crippen molar-refractivity contribution in [3.05, 3.63) is 22.2 Å².